The SMILES string of the molecule is CC(C)c1ccnc2ccc(Br)cc12. The molecular weight excluding hydrogens is 238 g/mol. The normalized spacial score (nSPS) is 11.1. The summed E-state index contributed by atoms with van der Waals surface area (Å²) in [4.78, 5) is 4.34. The van der Waals surface area contributed by atoms with Crippen molar-refractivity contribution in [3.8, 4) is 0 Å². The van der Waals surface area contributed by atoms with Crippen LogP contribution < -0.4 is 0 Å². The zero-order chi connectivity index (χ0) is 10.1. The first-order valence-electron chi connectivity index (χ1n) is 4.72. The predicted molar refractivity (Wildman–Crippen MR) is 63.5 cm³/mol. The van der Waals surface area contributed by atoms with Crippen molar-refractivity contribution in [2.45, 2.75) is 19.8 Å². The second-order valence-corrected chi connectivity index (χ2v) is 4.63. The monoisotopic (exact) mass is 249 g/mol. The van der Waals surface area contributed by atoms with Gasteiger partial charge in [0.1, 0.15) is 0 Å². The lowest BCUT2D eigenvalue weighted by Gasteiger charge is -2.09. The molecule has 0 radical (unpaired) electrons. The molecule has 72 valence electrons. The molecule has 14 heavy (non-hydrogen) atoms. The Hall–Kier alpha value is -0.890. The quantitative estimate of drug-likeness (QED) is 0.741. The van der Waals surface area contributed by atoms with Crippen LogP contribution in [0.25, 0.3) is 10.9 Å². The van der Waals surface area contributed by atoms with Gasteiger partial charge in [-0.2, -0.15) is 0 Å². The van der Waals surface area contributed by atoms with E-state index >= 15 is 0 Å². The van der Waals surface area contributed by atoms with Gasteiger partial charge in [-0.3, -0.25) is 4.98 Å². The van der Waals surface area contributed by atoms with Gasteiger partial charge in [0.25, 0.3) is 0 Å². The Balaban J connectivity index is 2.77. The minimum atomic E-state index is 0.537. The molecule has 2 aromatic rings. The summed E-state index contributed by atoms with van der Waals surface area (Å²) in [5.41, 5.74) is 2.43. The molecule has 0 amide bonds. The summed E-state index contributed by atoms with van der Waals surface area (Å²) in [7, 11) is 0. The number of nitrogens with zero attached hydrogens (tertiary/aromatic N) is 1. The van der Waals surface area contributed by atoms with E-state index in [1.54, 1.807) is 0 Å². The Labute approximate surface area is 92.3 Å². The van der Waals surface area contributed by atoms with E-state index in [1.807, 2.05) is 18.3 Å². The van der Waals surface area contributed by atoms with Gasteiger partial charge in [0.2, 0.25) is 0 Å². The predicted octanol–water partition coefficient (Wildman–Crippen LogP) is 4.12. The number of rotatable bonds is 1. The van der Waals surface area contributed by atoms with Gasteiger partial charge in [0.05, 0.1) is 5.52 Å². The molecule has 0 aliphatic heterocycles. The molecule has 0 N–H and O–H groups in total. The smallest absolute Gasteiger partial charge is 0.0705 e. The van der Waals surface area contributed by atoms with E-state index in [1.165, 1.54) is 10.9 Å². The highest BCUT2D eigenvalue weighted by Gasteiger charge is 2.05. The first-order valence-corrected chi connectivity index (χ1v) is 5.52. The van der Waals surface area contributed by atoms with E-state index in [-0.39, 0.29) is 0 Å². The minimum Gasteiger partial charge on any atom is -0.256 e. The first kappa shape index (κ1) is 9.66. The first-order chi connectivity index (χ1) is 6.68. The van der Waals surface area contributed by atoms with Crippen molar-refractivity contribution in [1.29, 1.82) is 0 Å². The van der Waals surface area contributed by atoms with E-state index in [2.05, 4.69) is 46.9 Å². The van der Waals surface area contributed by atoms with Crippen LogP contribution in [0.5, 0.6) is 0 Å². The van der Waals surface area contributed by atoms with Gasteiger partial charge in [-0.05, 0) is 35.7 Å². The van der Waals surface area contributed by atoms with Crippen LogP contribution in [0.4, 0.5) is 0 Å². The lowest BCUT2D eigenvalue weighted by Crippen LogP contribution is -1.90. The molecule has 0 aliphatic carbocycles. The highest BCUT2D eigenvalue weighted by atomic mass is 79.9. The van der Waals surface area contributed by atoms with Crippen LogP contribution in [-0.4, -0.2) is 4.98 Å². The summed E-state index contributed by atoms with van der Waals surface area (Å²) in [6.07, 6.45) is 1.88. The molecular formula is C12H12BrN. The lowest BCUT2D eigenvalue weighted by molar-refractivity contribution is 0.874. The number of halogens is 1. The Morgan fingerprint density at radius 3 is 2.71 bits per heavy atom. The summed E-state index contributed by atoms with van der Waals surface area (Å²) in [5, 5.41) is 1.25. The van der Waals surface area contributed by atoms with E-state index in [4.69, 9.17) is 0 Å². The standard InChI is InChI=1S/C12H12BrN/c1-8(2)10-5-6-14-12-4-3-9(13)7-11(10)12/h3-8H,1-2H3. The second kappa shape index (κ2) is 3.70. The Morgan fingerprint density at radius 1 is 1.21 bits per heavy atom. The molecule has 0 spiro atoms. The molecule has 0 unspecified atom stereocenters. The van der Waals surface area contributed by atoms with Gasteiger partial charge in [-0.15, -0.1) is 0 Å². The fourth-order valence-electron chi connectivity index (χ4n) is 1.64. The molecule has 0 atom stereocenters. The molecule has 1 nitrogen and oxygen atoms in total. The maximum absolute atomic E-state index is 4.34. The molecule has 1 aromatic carbocycles. The summed E-state index contributed by atoms with van der Waals surface area (Å²) >= 11 is 3.49. The number of hydrogen-bond donors (Lipinski definition) is 0. The van der Waals surface area contributed by atoms with Crippen molar-refractivity contribution < 1.29 is 0 Å². The topological polar surface area (TPSA) is 12.9 Å². The van der Waals surface area contributed by atoms with Gasteiger partial charge in [-0.25, -0.2) is 0 Å². The van der Waals surface area contributed by atoms with Crippen molar-refractivity contribution in [3.63, 3.8) is 0 Å². The van der Waals surface area contributed by atoms with Crippen molar-refractivity contribution >= 4 is 26.8 Å². The maximum atomic E-state index is 4.34. The third-order valence-corrected chi connectivity index (χ3v) is 2.85. The second-order valence-electron chi connectivity index (χ2n) is 3.72. The zero-order valence-electron chi connectivity index (χ0n) is 8.29. The molecule has 0 saturated heterocycles. The highest BCUT2D eigenvalue weighted by molar-refractivity contribution is 9.10. The number of hydrogen-bond acceptors (Lipinski definition) is 1. The van der Waals surface area contributed by atoms with E-state index in [0.717, 1.165) is 9.99 Å². The Kier molecular flexibility index (Phi) is 2.55. The Bertz CT molecular complexity index is 463. The van der Waals surface area contributed by atoms with Gasteiger partial charge < -0.3 is 0 Å². The summed E-state index contributed by atoms with van der Waals surface area (Å²) in [5.74, 6) is 0.537. The highest BCUT2D eigenvalue weighted by Crippen LogP contribution is 2.26. The fraction of sp³-hybridized carbons (Fsp3) is 0.250. The van der Waals surface area contributed by atoms with Crippen molar-refractivity contribution in [2.75, 3.05) is 0 Å². The fourth-order valence-corrected chi connectivity index (χ4v) is 2.00. The summed E-state index contributed by atoms with van der Waals surface area (Å²) in [6, 6.07) is 8.31. The Morgan fingerprint density at radius 2 is 2.00 bits per heavy atom. The summed E-state index contributed by atoms with van der Waals surface area (Å²) < 4.78 is 1.11. The van der Waals surface area contributed by atoms with Crippen LogP contribution in [0, 0.1) is 0 Å². The molecule has 2 rings (SSSR count). The average molecular weight is 250 g/mol. The third-order valence-electron chi connectivity index (χ3n) is 2.36. The van der Waals surface area contributed by atoms with Gasteiger partial charge >= 0.3 is 0 Å². The van der Waals surface area contributed by atoms with Crippen LogP contribution >= 0.6 is 15.9 Å². The number of pyridine rings is 1. The lowest BCUT2D eigenvalue weighted by atomic mass is 9.99. The van der Waals surface area contributed by atoms with Gasteiger partial charge in [0.15, 0.2) is 0 Å². The third kappa shape index (κ3) is 1.67. The largest absolute Gasteiger partial charge is 0.256 e. The molecule has 1 aromatic heterocycles. The summed E-state index contributed by atoms with van der Waals surface area (Å²) in [6.45, 7) is 4.41. The number of benzene rings is 1. The van der Waals surface area contributed by atoms with Crippen molar-refractivity contribution in [2.24, 2.45) is 0 Å². The maximum Gasteiger partial charge on any atom is 0.0705 e. The molecule has 1 heterocycles. The van der Waals surface area contributed by atoms with Gasteiger partial charge in [0, 0.05) is 16.1 Å². The van der Waals surface area contributed by atoms with Crippen LogP contribution in [0.2, 0.25) is 0 Å². The van der Waals surface area contributed by atoms with Crippen LogP contribution in [0.15, 0.2) is 34.9 Å². The van der Waals surface area contributed by atoms with Crippen LogP contribution in [0.3, 0.4) is 0 Å². The minimum absolute atomic E-state index is 0.537. The average Bonchev–Trinajstić information content (AvgIpc) is 2.16. The molecule has 0 saturated carbocycles. The van der Waals surface area contributed by atoms with E-state index < -0.39 is 0 Å². The van der Waals surface area contributed by atoms with E-state index in [0.29, 0.717) is 5.92 Å². The molecule has 0 aliphatic rings. The molecule has 0 bridgehead atoms. The van der Waals surface area contributed by atoms with Crippen molar-refractivity contribution in [3.05, 3.63) is 40.5 Å². The van der Waals surface area contributed by atoms with Crippen LogP contribution in [0.1, 0.15) is 25.3 Å². The number of fused-ring (bicyclic) bond motifs is 1. The zero-order valence-corrected chi connectivity index (χ0v) is 9.88. The van der Waals surface area contributed by atoms with Crippen molar-refractivity contribution in [1.82, 2.24) is 4.98 Å². The van der Waals surface area contributed by atoms with Gasteiger partial charge in [-0.1, -0.05) is 29.8 Å². The number of aromatic nitrogens is 1. The molecule has 0 fully saturated rings. The van der Waals surface area contributed by atoms with Crippen LogP contribution in [-0.2, 0) is 0 Å². The molecule has 2 heteroatoms. The van der Waals surface area contributed by atoms with E-state index in [9.17, 15) is 0 Å².